The Balaban J connectivity index is 1.79. The number of anilines is 1. The van der Waals surface area contributed by atoms with Gasteiger partial charge >= 0.3 is 0 Å². The van der Waals surface area contributed by atoms with Gasteiger partial charge in [-0.25, -0.2) is 0 Å². The summed E-state index contributed by atoms with van der Waals surface area (Å²) in [6, 6.07) is 6.93. The second-order valence-corrected chi connectivity index (χ2v) is 7.91. The molecule has 3 unspecified atom stereocenters. The molecular weight excluding hydrogens is 324 g/mol. The summed E-state index contributed by atoms with van der Waals surface area (Å²) in [6.07, 6.45) is 8.11. The Morgan fingerprint density at radius 2 is 2.00 bits per heavy atom. The zero-order valence-corrected chi connectivity index (χ0v) is 14.6. The van der Waals surface area contributed by atoms with Crippen molar-refractivity contribution in [3.05, 3.63) is 28.2 Å². The van der Waals surface area contributed by atoms with Crippen molar-refractivity contribution >= 4 is 21.6 Å². The quantitative estimate of drug-likeness (QED) is 0.877. The maximum Gasteiger partial charge on any atom is 0.0400 e. The minimum absolute atomic E-state index is 0.213. The van der Waals surface area contributed by atoms with Crippen molar-refractivity contribution in [3.8, 4) is 0 Å². The topological polar surface area (TPSA) is 29.3 Å². The number of nitrogens with two attached hydrogens (primary N) is 1. The highest BCUT2D eigenvalue weighted by Crippen LogP contribution is 2.38. The highest BCUT2D eigenvalue weighted by Gasteiger charge is 2.31. The Bertz CT molecular complexity index is 486. The van der Waals surface area contributed by atoms with Crippen molar-refractivity contribution in [2.24, 2.45) is 17.6 Å². The molecule has 21 heavy (non-hydrogen) atoms. The molecule has 1 aromatic carbocycles. The van der Waals surface area contributed by atoms with Gasteiger partial charge in [0.15, 0.2) is 0 Å². The van der Waals surface area contributed by atoms with Crippen LogP contribution in [-0.2, 0) is 6.42 Å². The molecule has 2 aliphatic rings. The lowest BCUT2D eigenvalue weighted by Gasteiger charge is -2.43. The van der Waals surface area contributed by atoms with Crippen LogP contribution in [0.25, 0.3) is 0 Å². The Hall–Kier alpha value is -0.540. The molecule has 0 radical (unpaired) electrons. The maximum atomic E-state index is 6.05. The first-order chi connectivity index (χ1) is 10.1. The summed E-state index contributed by atoms with van der Waals surface area (Å²) in [5, 5.41) is 0. The predicted molar refractivity (Wildman–Crippen MR) is 93.8 cm³/mol. The first-order valence-electron chi connectivity index (χ1n) is 8.42. The molecule has 1 aliphatic heterocycles. The van der Waals surface area contributed by atoms with Gasteiger partial charge in [-0.2, -0.15) is 0 Å². The first-order valence-corrected chi connectivity index (χ1v) is 9.21. The number of rotatable bonds is 3. The van der Waals surface area contributed by atoms with Crippen LogP contribution in [0.5, 0.6) is 0 Å². The summed E-state index contributed by atoms with van der Waals surface area (Å²) in [5.74, 6) is 1.90. The molecule has 2 N–H and O–H groups in total. The lowest BCUT2D eigenvalue weighted by atomic mass is 9.75. The van der Waals surface area contributed by atoms with E-state index in [1.165, 1.54) is 56.4 Å². The molecule has 2 nitrogen and oxygen atoms in total. The van der Waals surface area contributed by atoms with Gasteiger partial charge in [0.2, 0.25) is 0 Å². The third kappa shape index (κ3) is 3.62. The molecule has 0 aromatic heterocycles. The summed E-state index contributed by atoms with van der Waals surface area (Å²) in [6.45, 7) is 4.56. The van der Waals surface area contributed by atoms with Crippen molar-refractivity contribution in [1.82, 2.24) is 0 Å². The summed E-state index contributed by atoms with van der Waals surface area (Å²) >= 11 is 3.61. The maximum absolute atomic E-state index is 6.05. The lowest BCUT2D eigenvalue weighted by Crippen LogP contribution is -2.42. The minimum atomic E-state index is 0.213. The minimum Gasteiger partial charge on any atom is -0.371 e. The third-order valence-electron chi connectivity index (χ3n) is 5.22. The Labute approximate surface area is 137 Å². The monoisotopic (exact) mass is 350 g/mol. The largest absolute Gasteiger partial charge is 0.371 e. The highest BCUT2D eigenvalue weighted by molar-refractivity contribution is 9.10. The average molecular weight is 351 g/mol. The van der Waals surface area contributed by atoms with Crippen LogP contribution in [0.3, 0.4) is 0 Å². The molecule has 3 rings (SSSR count). The second-order valence-electron chi connectivity index (χ2n) is 6.99. The van der Waals surface area contributed by atoms with E-state index in [0.29, 0.717) is 0 Å². The van der Waals surface area contributed by atoms with E-state index in [4.69, 9.17) is 5.73 Å². The molecule has 116 valence electrons. The van der Waals surface area contributed by atoms with Gasteiger partial charge in [0, 0.05) is 29.3 Å². The van der Waals surface area contributed by atoms with Crippen LogP contribution in [0.15, 0.2) is 22.7 Å². The molecule has 1 aliphatic carbocycles. The van der Waals surface area contributed by atoms with Gasteiger partial charge in [-0.05, 0) is 61.8 Å². The molecule has 0 amide bonds. The summed E-state index contributed by atoms with van der Waals surface area (Å²) < 4.78 is 1.16. The SMILES string of the molecule is CC(N)Cc1cc(Br)ccc1N1CCC2CCCCC2C1. The van der Waals surface area contributed by atoms with Crippen molar-refractivity contribution in [2.45, 2.75) is 51.5 Å². The summed E-state index contributed by atoms with van der Waals surface area (Å²) in [7, 11) is 0. The number of hydrogen-bond donors (Lipinski definition) is 1. The van der Waals surface area contributed by atoms with Gasteiger partial charge in [-0.15, -0.1) is 0 Å². The van der Waals surface area contributed by atoms with Crippen LogP contribution >= 0.6 is 15.9 Å². The van der Waals surface area contributed by atoms with Crippen LogP contribution in [0.2, 0.25) is 0 Å². The number of halogens is 1. The molecule has 3 heteroatoms. The number of hydrogen-bond acceptors (Lipinski definition) is 2. The van der Waals surface area contributed by atoms with Crippen LogP contribution in [0.1, 0.15) is 44.6 Å². The van der Waals surface area contributed by atoms with Crippen LogP contribution in [-0.4, -0.2) is 19.1 Å². The highest BCUT2D eigenvalue weighted by atomic mass is 79.9. The van der Waals surface area contributed by atoms with Gasteiger partial charge in [0.1, 0.15) is 0 Å². The second kappa shape index (κ2) is 6.70. The Morgan fingerprint density at radius 3 is 2.76 bits per heavy atom. The van der Waals surface area contributed by atoms with E-state index in [1.807, 2.05) is 0 Å². The summed E-state index contributed by atoms with van der Waals surface area (Å²) in [4.78, 5) is 2.62. The van der Waals surface area contributed by atoms with E-state index in [-0.39, 0.29) is 6.04 Å². The molecule has 0 spiro atoms. The fourth-order valence-electron chi connectivity index (χ4n) is 4.19. The number of benzene rings is 1. The van der Waals surface area contributed by atoms with E-state index in [2.05, 4.69) is 46.0 Å². The number of piperidine rings is 1. The lowest BCUT2D eigenvalue weighted by molar-refractivity contribution is 0.202. The Kier molecular flexibility index (Phi) is 4.90. The molecule has 1 heterocycles. The van der Waals surface area contributed by atoms with Gasteiger partial charge in [0.05, 0.1) is 0 Å². The van der Waals surface area contributed by atoms with Crippen LogP contribution in [0, 0.1) is 11.8 Å². The zero-order valence-electron chi connectivity index (χ0n) is 13.0. The van der Waals surface area contributed by atoms with Crippen molar-refractivity contribution in [2.75, 3.05) is 18.0 Å². The van der Waals surface area contributed by atoms with Crippen molar-refractivity contribution < 1.29 is 0 Å². The fraction of sp³-hybridized carbons (Fsp3) is 0.667. The van der Waals surface area contributed by atoms with E-state index < -0.39 is 0 Å². The fourth-order valence-corrected chi connectivity index (χ4v) is 4.60. The summed E-state index contributed by atoms with van der Waals surface area (Å²) in [5.41, 5.74) is 8.86. The van der Waals surface area contributed by atoms with E-state index in [9.17, 15) is 0 Å². The van der Waals surface area contributed by atoms with E-state index >= 15 is 0 Å². The molecule has 1 saturated heterocycles. The third-order valence-corrected chi connectivity index (χ3v) is 5.71. The molecule has 1 aromatic rings. The predicted octanol–water partition coefficient (Wildman–Crippen LogP) is 4.36. The van der Waals surface area contributed by atoms with Crippen LogP contribution in [0.4, 0.5) is 5.69 Å². The standard InChI is InChI=1S/C18H27BrN2/c1-13(20)10-16-11-17(19)6-7-18(16)21-9-8-14-4-2-3-5-15(14)12-21/h6-7,11,13-15H,2-5,8-10,12,20H2,1H3. The van der Waals surface area contributed by atoms with Gasteiger partial charge < -0.3 is 10.6 Å². The smallest absolute Gasteiger partial charge is 0.0400 e. The van der Waals surface area contributed by atoms with Gasteiger partial charge in [-0.3, -0.25) is 0 Å². The van der Waals surface area contributed by atoms with Crippen molar-refractivity contribution in [1.29, 1.82) is 0 Å². The van der Waals surface area contributed by atoms with Gasteiger partial charge in [-0.1, -0.05) is 35.2 Å². The van der Waals surface area contributed by atoms with E-state index in [1.54, 1.807) is 0 Å². The first kappa shape index (κ1) is 15.4. The average Bonchev–Trinajstić information content (AvgIpc) is 2.46. The molecular formula is C18H27BrN2. The molecule has 1 saturated carbocycles. The van der Waals surface area contributed by atoms with E-state index in [0.717, 1.165) is 22.7 Å². The van der Waals surface area contributed by atoms with Crippen molar-refractivity contribution in [3.63, 3.8) is 0 Å². The van der Waals surface area contributed by atoms with Gasteiger partial charge in [0.25, 0.3) is 0 Å². The molecule has 3 atom stereocenters. The molecule has 0 bridgehead atoms. The number of fused-ring (bicyclic) bond motifs is 1. The van der Waals surface area contributed by atoms with Crippen LogP contribution < -0.4 is 10.6 Å². The molecule has 2 fully saturated rings. The number of nitrogens with zero attached hydrogens (tertiary/aromatic N) is 1. The normalized spacial score (nSPS) is 27.3. The zero-order chi connectivity index (χ0) is 14.8. The Morgan fingerprint density at radius 1 is 1.24 bits per heavy atom.